The summed E-state index contributed by atoms with van der Waals surface area (Å²) in [5, 5.41) is 30.2. The predicted molar refractivity (Wildman–Crippen MR) is 197 cm³/mol. The van der Waals surface area contributed by atoms with Crippen molar-refractivity contribution in [1.29, 1.82) is 5.26 Å². The third kappa shape index (κ3) is 6.50. The number of hydrogen-bond donors (Lipinski definition) is 2. The summed E-state index contributed by atoms with van der Waals surface area (Å²) in [5.74, 6) is -0.494. The van der Waals surface area contributed by atoms with E-state index >= 15 is 0 Å². The van der Waals surface area contributed by atoms with E-state index in [0.717, 1.165) is 61.1 Å². The van der Waals surface area contributed by atoms with Crippen LogP contribution < -0.4 is 0 Å². The largest absolute Gasteiger partial charge is 0.481 e. The van der Waals surface area contributed by atoms with E-state index in [2.05, 4.69) is 49.1 Å². The Morgan fingerprint density at radius 3 is 2.31 bits per heavy atom. The molecule has 266 valence electrons. The minimum atomic E-state index is -0.730. The molecule has 11 nitrogen and oxygen atoms in total. The Bertz CT molecular complexity index is 2220. The molecule has 1 amide bonds. The number of rotatable bonds is 8. The zero-order valence-corrected chi connectivity index (χ0v) is 30.1. The molecule has 0 spiro atoms. The van der Waals surface area contributed by atoms with Crippen LogP contribution in [0.3, 0.4) is 0 Å². The van der Waals surface area contributed by atoms with Gasteiger partial charge in [-0.15, -0.1) is 11.3 Å². The molecule has 2 fully saturated rings. The molecule has 3 aliphatic heterocycles. The third-order valence-corrected chi connectivity index (χ3v) is 12.0. The van der Waals surface area contributed by atoms with E-state index in [4.69, 9.17) is 14.4 Å². The monoisotopic (exact) mass is 716 g/mol. The number of hydrogen-bond acceptors (Lipinski definition) is 10. The smallest absolute Gasteiger partial charge is 0.306 e. The van der Waals surface area contributed by atoms with Gasteiger partial charge in [-0.25, -0.2) is 9.97 Å². The van der Waals surface area contributed by atoms with Crippen LogP contribution in [-0.4, -0.2) is 85.6 Å². The number of aliphatic hydroxyl groups is 1. The van der Waals surface area contributed by atoms with E-state index in [0.29, 0.717) is 87.6 Å². The number of thiazole rings is 1. The number of carboxylic acid groups (broad SMARTS) is 1. The number of aromatic nitrogens is 2. The molecule has 2 saturated heterocycles. The summed E-state index contributed by atoms with van der Waals surface area (Å²) in [6, 6.07) is 18.5. The number of nitrogens with zero attached hydrogens (tertiary/aromatic N) is 6. The number of carbonyl (C=O) groups is 2. The van der Waals surface area contributed by atoms with Crippen LogP contribution >= 0.6 is 11.3 Å². The predicted octanol–water partition coefficient (Wildman–Crippen LogP) is 5.98. The highest BCUT2D eigenvalue weighted by molar-refractivity contribution is 7.15. The van der Waals surface area contributed by atoms with Crippen LogP contribution in [-0.2, 0) is 29.2 Å². The second kappa shape index (κ2) is 13.9. The first kappa shape index (κ1) is 34.2. The fourth-order valence-electron chi connectivity index (χ4n) is 7.87. The van der Waals surface area contributed by atoms with Crippen molar-refractivity contribution >= 4 is 34.3 Å². The molecule has 52 heavy (non-hydrogen) atoms. The van der Waals surface area contributed by atoms with Crippen molar-refractivity contribution in [3.63, 3.8) is 0 Å². The lowest BCUT2D eigenvalue weighted by molar-refractivity contribution is -0.143. The topological polar surface area (TPSA) is 147 Å². The van der Waals surface area contributed by atoms with Crippen LogP contribution in [0.15, 0.2) is 52.9 Å². The third-order valence-electron chi connectivity index (χ3n) is 10.8. The Hall–Kier alpha value is -4.93. The van der Waals surface area contributed by atoms with Gasteiger partial charge in [0.25, 0.3) is 0 Å². The van der Waals surface area contributed by atoms with E-state index in [1.165, 1.54) is 0 Å². The number of nitriles is 1. The number of piperidine rings is 1. The molecule has 5 aromatic rings. The Balaban J connectivity index is 1.03. The minimum absolute atomic E-state index is 0.0762. The van der Waals surface area contributed by atoms with Gasteiger partial charge < -0.3 is 19.5 Å². The molecule has 0 radical (unpaired) electrons. The maximum absolute atomic E-state index is 13.0. The first-order valence-electron chi connectivity index (χ1n) is 17.8. The average molecular weight is 717 g/mol. The number of benzene rings is 3. The molecule has 12 heteroatoms. The molecule has 3 aromatic carbocycles. The summed E-state index contributed by atoms with van der Waals surface area (Å²) in [6.07, 6.45) is 1.61. The standard InChI is InChI=1S/C40H40N6O5S/c1-23-29(30-6-4-8-32(24(30)2)39-43-34-20-46(21-35(34)52-39)36(48)22-45-14-11-28(47)19-45)5-3-7-31(23)38-42-33-16-25(15-27(17-41)37(33)51-38)18-44-12-9-26(10-13-44)40(49)50/h3-8,15-16,26,28,47H,9-14,18-22H2,1-2H3,(H,49,50)/t28-/m0/s1. The Morgan fingerprint density at radius 1 is 0.942 bits per heavy atom. The van der Waals surface area contributed by atoms with E-state index in [9.17, 15) is 25.1 Å². The van der Waals surface area contributed by atoms with Crippen LogP contribution in [0.1, 0.15) is 52.1 Å². The van der Waals surface area contributed by atoms with Gasteiger partial charge in [0, 0.05) is 35.6 Å². The van der Waals surface area contributed by atoms with Crippen molar-refractivity contribution in [2.45, 2.75) is 58.8 Å². The molecule has 2 aromatic heterocycles. The van der Waals surface area contributed by atoms with Crippen LogP contribution in [0, 0.1) is 31.1 Å². The maximum atomic E-state index is 13.0. The van der Waals surface area contributed by atoms with E-state index < -0.39 is 5.97 Å². The molecule has 3 aliphatic rings. The lowest BCUT2D eigenvalue weighted by Gasteiger charge is -2.30. The molecule has 0 aliphatic carbocycles. The van der Waals surface area contributed by atoms with Crippen LogP contribution in [0.2, 0.25) is 0 Å². The summed E-state index contributed by atoms with van der Waals surface area (Å²) >= 11 is 1.64. The van der Waals surface area contributed by atoms with Crippen LogP contribution in [0.4, 0.5) is 0 Å². The molecule has 8 rings (SSSR count). The van der Waals surface area contributed by atoms with E-state index in [1.807, 2.05) is 34.1 Å². The van der Waals surface area contributed by atoms with Crippen molar-refractivity contribution in [3.05, 3.63) is 81.4 Å². The lowest BCUT2D eigenvalue weighted by Crippen LogP contribution is -2.37. The molecule has 5 heterocycles. The fourth-order valence-corrected chi connectivity index (χ4v) is 9.04. The number of oxazole rings is 1. The van der Waals surface area contributed by atoms with Crippen LogP contribution in [0.5, 0.6) is 0 Å². The van der Waals surface area contributed by atoms with Crippen molar-refractivity contribution in [2.24, 2.45) is 5.92 Å². The molecule has 0 unspecified atom stereocenters. The highest BCUT2D eigenvalue weighted by atomic mass is 32.1. The normalized spacial score (nSPS) is 18.3. The highest BCUT2D eigenvalue weighted by Gasteiger charge is 2.31. The van der Waals surface area contributed by atoms with E-state index in [-0.39, 0.29) is 17.9 Å². The number of carboxylic acids is 1. The van der Waals surface area contributed by atoms with Gasteiger partial charge in [-0.05, 0) is 92.2 Å². The molecule has 1 atom stereocenters. The molecule has 2 N–H and O–H groups in total. The highest BCUT2D eigenvalue weighted by Crippen LogP contribution is 2.40. The summed E-state index contributed by atoms with van der Waals surface area (Å²) in [4.78, 5) is 41.5. The second-order valence-corrected chi connectivity index (χ2v) is 15.4. The number of amides is 1. The maximum Gasteiger partial charge on any atom is 0.306 e. The van der Waals surface area contributed by atoms with Crippen molar-refractivity contribution in [2.75, 3.05) is 32.7 Å². The van der Waals surface area contributed by atoms with Gasteiger partial charge in [0.1, 0.15) is 16.6 Å². The summed E-state index contributed by atoms with van der Waals surface area (Å²) < 4.78 is 6.30. The molecular weight excluding hydrogens is 677 g/mol. The first-order valence-corrected chi connectivity index (χ1v) is 18.6. The zero-order chi connectivity index (χ0) is 36.1. The molecule has 0 saturated carbocycles. The fraction of sp³-hybridized carbons (Fsp3) is 0.375. The average Bonchev–Trinajstić information content (AvgIpc) is 3.92. The van der Waals surface area contributed by atoms with Crippen LogP contribution in [0.25, 0.3) is 44.3 Å². The SMILES string of the molecule is Cc1c(-c2nc3cc(CN4CCC(C(=O)O)CC4)cc(C#N)c3o2)cccc1-c1cccc(-c2nc3c(s2)CN(C(=O)CN2CC[C@H](O)C2)C3)c1C. The first-order chi connectivity index (χ1) is 25.1. The number of aliphatic hydroxyl groups excluding tert-OH is 1. The Morgan fingerprint density at radius 2 is 1.63 bits per heavy atom. The summed E-state index contributed by atoms with van der Waals surface area (Å²) in [7, 11) is 0. The Kier molecular flexibility index (Phi) is 9.13. The molecule has 0 bridgehead atoms. The van der Waals surface area contributed by atoms with Gasteiger partial charge in [0.05, 0.1) is 42.9 Å². The summed E-state index contributed by atoms with van der Waals surface area (Å²) in [5.41, 5.74) is 9.58. The lowest BCUT2D eigenvalue weighted by atomic mass is 9.91. The number of aliphatic carboxylic acids is 1. The summed E-state index contributed by atoms with van der Waals surface area (Å²) in [6.45, 7) is 8.90. The number of carbonyl (C=O) groups excluding carboxylic acids is 1. The van der Waals surface area contributed by atoms with E-state index in [1.54, 1.807) is 11.3 Å². The van der Waals surface area contributed by atoms with Crippen molar-refractivity contribution in [3.8, 4) is 39.2 Å². The van der Waals surface area contributed by atoms with Crippen molar-refractivity contribution in [1.82, 2.24) is 24.7 Å². The minimum Gasteiger partial charge on any atom is -0.481 e. The zero-order valence-electron chi connectivity index (χ0n) is 29.3. The van der Waals surface area contributed by atoms with Gasteiger partial charge in [0.2, 0.25) is 11.8 Å². The number of likely N-dealkylation sites (tertiary alicyclic amines) is 2. The van der Waals surface area contributed by atoms with Gasteiger partial charge in [0.15, 0.2) is 5.58 Å². The molecular formula is C40H40N6O5S. The number of β-amino-alcohol motifs (C(OH)–C–C–N with tert-alkyl or cyclic N) is 1. The van der Waals surface area contributed by atoms with Gasteiger partial charge in [-0.3, -0.25) is 19.4 Å². The Labute approximate surface area is 305 Å². The van der Waals surface area contributed by atoms with Gasteiger partial charge >= 0.3 is 5.97 Å². The number of fused-ring (bicyclic) bond motifs is 2. The second-order valence-electron chi connectivity index (χ2n) is 14.3. The van der Waals surface area contributed by atoms with Crippen molar-refractivity contribution < 1.29 is 24.2 Å². The van der Waals surface area contributed by atoms with Gasteiger partial charge in [-0.1, -0.05) is 30.3 Å². The van der Waals surface area contributed by atoms with Gasteiger partial charge in [-0.2, -0.15) is 5.26 Å². The quantitative estimate of drug-likeness (QED) is 0.197.